The number of β-amino-alcohol motifs (C(OH)–C–C–N with tert-alkyl or cyclic N) is 1. The fourth-order valence-electron chi connectivity index (χ4n) is 2.36. The Morgan fingerprint density at radius 3 is 2.61 bits per heavy atom. The smallest absolute Gasteiger partial charge is 0.387 e. The Bertz CT molecular complexity index is 488. The van der Waals surface area contributed by atoms with Gasteiger partial charge in [-0.3, -0.25) is 4.79 Å². The van der Waals surface area contributed by atoms with E-state index in [9.17, 15) is 18.7 Å². The average Bonchev–Trinajstić information content (AvgIpc) is 2.89. The molecule has 0 bridgehead atoms. The number of aliphatic hydroxyl groups is 1. The Morgan fingerprint density at radius 1 is 1.35 bits per heavy atom. The molecule has 0 saturated carbocycles. The van der Waals surface area contributed by atoms with Crippen molar-refractivity contribution in [3.8, 4) is 5.75 Å². The fourth-order valence-corrected chi connectivity index (χ4v) is 2.36. The minimum atomic E-state index is -2.84. The molecule has 0 aliphatic carbocycles. The molecule has 0 aromatic heterocycles. The zero-order valence-corrected chi connectivity index (χ0v) is 13.3. The van der Waals surface area contributed by atoms with Crippen LogP contribution < -0.4 is 15.4 Å². The van der Waals surface area contributed by atoms with Crippen molar-refractivity contribution >= 4 is 18.3 Å². The predicted octanol–water partition coefficient (Wildman–Crippen LogP) is 1.34. The van der Waals surface area contributed by atoms with Crippen molar-refractivity contribution in [3.63, 3.8) is 0 Å². The number of aryl methyl sites for hydroxylation is 1. The number of carbonyl (C=O) groups excluding carboxylic acids is 1. The second-order valence-electron chi connectivity index (χ2n) is 5.31. The fraction of sp³-hybridized carbons (Fsp3) is 0.533. The first kappa shape index (κ1) is 19.6. The summed E-state index contributed by atoms with van der Waals surface area (Å²) in [5.74, 6) is 0.0626. The number of hydrogen-bond acceptors (Lipinski definition) is 4. The number of amides is 1. The van der Waals surface area contributed by atoms with Crippen LogP contribution in [0.5, 0.6) is 5.75 Å². The maximum atomic E-state index is 12.0. The molecule has 1 aliphatic heterocycles. The second-order valence-corrected chi connectivity index (χ2v) is 5.31. The summed E-state index contributed by atoms with van der Waals surface area (Å²) in [7, 11) is 0. The number of carbonyl (C=O) groups is 1. The minimum absolute atomic E-state index is 0. The highest BCUT2D eigenvalue weighted by Gasteiger charge is 2.24. The first-order chi connectivity index (χ1) is 10.5. The van der Waals surface area contributed by atoms with E-state index in [1.165, 1.54) is 12.1 Å². The highest BCUT2D eigenvalue weighted by molar-refractivity contribution is 5.85. The number of alkyl halides is 2. The van der Waals surface area contributed by atoms with Gasteiger partial charge in [0.1, 0.15) is 5.75 Å². The summed E-state index contributed by atoms with van der Waals surface area (Å²) in [6.45, 7) is -1.12. The van der Waals surface area contributed by atoms with Gasteiger partial charge in [-0.15, -0.1) is 12.4 Å². The van der Waals surface area contributed by atoms with Gasteiger partial charge >= 0.3 is 6.61 Å². The van der Waals surface area contributed by atoms with Gasteiger partial charge in [-0.25, -0.2) is 0 Å². The molecule has 5 nitrogen and oxygen atoms in total. The first-order valence-electron chi connectivity index (χ1n) is 7.24. The van der Waals surface area contributed by atoms with E-state index in [2.05, 4.69) is 15.4 Å². The number of benzene rings is 1. The van der Waals surface area contributed by atoms with Crippen LogP contribution in [0.25, 0.3) is 0 Å². The molecule has 130 valence electrons. The van der Waals surface area contributed by atoms with E-state index >= 15 is 0 Å². The van der Waals surface area contributed by atoms with E-state index in [0.717, 1.165) is 5.56 Å². The topological polar surface area (TPSA) is 70.6 Å². The van der Waals surface area contributed by atoms with Crippen LogP contribution in [0.4, 0.5) is 8.78 Å². The largest absolute Gasteiger partial charge is 0.435 e. The van der Waals surface area contributed by atoms with E-state index in [-0.39, 0.29) is 30.0 Å². The number of rotatable bonds is 7. The summed E-state index contributed by atoms with van der Waals surface area (Å²) in [5.41, 5.74) is 0.874. The molecule has 2 rings (SSSR count). The van der Waals surface area contributed by atoms with Crippen LogP contribution in [-0.2, 0) is 11.2 Å². The van der Waals surface area contributed by atoms with E-state index in [4.69, 9.17) is 0 Å². The Labute approximate surface area is 139 Å². The molecule has 1 amide bonds. The molecule has 1 aromatic carbocycles. The molecule has 1 heterocycles. The molecule has 1 aliphatic rings. The third-order valence-electron chi connectivity index (χ3n) is 3.65. The molecule has 2 atom stereocenters. The van der Waals surface area contributed by atoms with Crippen molar-refractivity contribution in [2.45, 2.75) is 25.6 Å². The van der Waals surface area contributed by atoms with Gasteiger partial charge in [-0.1, -0.05) is 12.1 Å². The normalized spacial score (nSPS) is 20.2. The Morgan fingerprint density at radius 2 is 2.04 bits per heavy atom. The van der Waals surface area contributed by atoms with E-state index < -0.39 is 12.7 Å². The molecule has 0 spiro atoms. The third-order valence-corrected chi connectivity index (χ3v) is 3.65. The minimum Gasteiger partial charge on any atom is -0.435 e. The van der Waals surface area contributed by atoms with Gasteiger partial charge in [-0.2, -0.15) is 8.78 Å². The Balaban J connectivity index is 0.00000264. The van der Waals surface area contributed by atoms with Crippen LogP contribution in [0.3, 0.4) is 0 Å². The van der Waals surface area contributed by atoms with Gasteiger partial charge in [0, 0.05) is 32.0 Å². The lowest BCUT2D eigenvalue weighted by Crippen LogP contribution is -2.34. The number of hydrogen-bond donors (Lipinski definition) is 3. The standard InChI is InChI=1S/C15H20F2N2O3.ClH/c16-15(17)22-12-4-1-10(2-5-12)3-6-14(21)19-8-11-7-18-9-13(11)20;/h1-2,4-5,11,13,15,18,20H,3,6-9H2,(H,19,21);1H. The molecule has 1 fully saturated rings. The number of ether oxygens (including phenoxy) is 1. The quantitative estimate of drug-likeness (QED) is 0.694. The average molecular weight is 351 g/mol. The predicted molar refractivity (Wildman–Crippen MR) is 84.0 cm³/mol. The van der Waals surface area contributed by atoms with Crippen LogP contribution in [0, 0.1) is 5.92 Å². The molecule has 8 heteroatoms. The highest BCUT2D eigenvalue weighted by atomic mass is 35.5. The number of halogens is 3. The van der Waals surface area contributed by atoms with E-state index in [1.54, 1.807) is 12.1 Å². The van der Waals surface area contributed by atoms with Gasteiger partial charge in [0.2, 0.25) is 5.91 Å². The van der Waals surface area contributed by atoms with Crippen LogP contribution in [0.15, 0.2) is 24.3 Å². The maximum Gasteiger partial charge on any atom is 0.387 e. The zero-order chi connectivity index (χ0) is 15.9. The molecule has 3 N–H and O–H groups in total. The Kier molecular flexibility index (Phi) is 8.22. The summed E-state index contributed by atoms with van der Waals surface area (Å²) in [6.07, 6.45) is 0.417. The molecule has 2 unspecified atom stereocenters. The maximum absolute atomic E-state index is 12.0. The lowest BCUT2D eigenvalue weighted by molar-refractivity contribution is -0.121. The highest BCUT2D eigenvalue weighted by Crippen LogP contribution is 2.15. The molecular formula is C15H21ClF2N2O3. The van der Waals surface area contributed by atoms with Gasteiger partial charge in [0.05, 0.1) is 6.10 Å². The van der Waals surface area contributed by atoms with Gasteiger partial charge in [0.25, 0.3) is 0 Å². The number of aliphatic hydroxyl groups excluding tert-OH is 1. The van der Waals surface area contributed by atoms with Gasteiger partial charge in [0.15, 0.2) is 0 Å². The van der Waals surface area contributed by atoms with Gasteiger partial charge in [-0.05, 0) is 24.1 Å². The zero-order valence-electron chi connectivity index (χ0n) is 12.5. The van der Waals surface area contributed by atoms with Crippen molar-refractivity contribution in [3.05, 3.63) is 29.8 Å². The molecule has 1 aromatic rings. The van der Waals surface area contributed by atoms with E-state index in [1.807, 2.05) is 0 Å². The lowest BCUT2D eigenvalue weighted by Gasteiger charge is -2.14. The van der Waals surface area contributed by atoms with E-state index in [0.29, 0.717) is 32.5 Å². The SMILES string of the molecule is Cl.O=C(CCc1ccc(OC(F)F)cc1)NCC1CNCC1O. The van der Waals surface area contributed by atoms with Crippen LogP contribution in [0.1, 0.15) is 12.0 Å². The monoisotopic (exact) mass is 350 g/mol. The molecule has 23 heavy (non-hydrogen) atoms. The van der Waals surface area contributed by atoms with Crippen molar-refractivity contribution in [2.24, 2.45) is 5.92 Å². The summed E-state index contributed by atoms with van der Waals surface area (Å²) in [4.78, 5) is 11.8. The Hall–Kier alpha value is -1.44. The summed E-state index contributed by atoms with van der Waals surface area (Å²) >= 11 is 0. The van der Waals surface area contributed by atoms with Crippen molar-refractivity contribution in [1.82, 2.24) is 10.6 Å². The first-order valence-corrected chi connectivity index (χ1v) is 7.24. The third kappa shape index (κ3) is 6.68. The summed E-state index contributed by atoms with van der Waals surface area (Å²) < 4.78 is 28.3. The second kappa shape index (κ2) is 9.64. The lowest BCUT2D eigenvalue weighted by atomic mass is 10.1. The van der Waals surface area contributed by atoms with Crippen LogP contribution >= 0.6 is 12.4 Å². The molecular weight excluding hydrogens is 330 g/mol. The summed E-state index contributed by atoms with van der Waals surface area (Å²) in [5, 5.41) is 15.5. The molecule has 1 saturated heterocycles. The van der Waals surface area contributed by atoms with Crippen molar-refractivity contribution in [2.75, 3.05) is 19.6 Å². The molecule has 0 radical (unpaired) electrons. The van der Waals surface area contributed by atoms with Crippen LogP contribution in [0.2, 0.25) is 0 Å². The van der Waals surface area contributed by atoms with Gasteiger partial charge < -0.3 is 20.5 Å². The van der Waals surface area contributed by atoms with Crippen molar-refractivity contribution < 1.29 is 23.4 Å². The number of nitrogens with one attached hydrogen (secondary N) is 2. The summed E-state index contributed by atoms with van der Waals surface area (Å²) in [6, 6.07) is 6.24. The van der Waals surface area contributed by atoms with Crippen LogP contribution in [-0.4, -0.2) is 43.4 Å². The van der Waals surface area contributed by atoms with Crippen molar-refractivity contribution in [1.29, 1.82) is 0 Å².